The average Bonchev–Trinajstić information content (AvgIpc) is 2.40. The van der Waals surface area contributed by atoms with Crippen LogP contribution in [-0.4, -0.2) is 47.3 Å². The molecule has 0 aliphatic carbocycles. The maximum atomic E-state index is 12.1. The number of nitrogens with zero attached hydrogens (tertiary/aromatic N) is 2. The first-order valence-corrected chi connectivity index (χ1v) is 7.76. The summed E-state index contributed by atoms with van der Waals surface area (Å²) in [5, 5.41) is 0. The number of likely N-dealkylation sites (tertiary alicyclic amines) is 1. The molecule has 4 heteroatoms. The number of amides is 2. The Bertz CT molecular complexity index is 382. The van der Waals surface area contributed by atoms with Crippen LogP contribution >= 0.6 is 0 Å². The lowest BCUT2D eigenvalue weighted by atomic mass is 9.76. The fraction of sp³-hybridized carbons (Fsp3) is 0.867. The second-order valence-electron chi connectivity index (χ2n) is 6.42. The molecule has 3 atom stereocenters. The topological polar surface area (TPSA) is 40.6 Å². The first-order valence-electron chi connectivity index (χ1n) is 7.76. The van der Waals surface area contributed by atoms with Crippen molar-refractivity contribution in [3.8, 4) is 0 Å². The summed E-state index contributed by atoms with van der Waals surface area (Å²) < 4.78 is 0. The fourth-order valence-corrected chi connectivity index (χ4v) is 4.19. The minimum absolute atomic E-state index is 0.313. The molecule has 3 saturated heterocycles. The third-order valence-corrected chi connectivity index (χ3v) is 5.00. The predicted molar refractivity (Wildman–Crippen MR) is 72.4 cm³/mol. The Kier molecular flexibility index (Phi) is 3.50. The molecule has 0 aromatic rings. The van der Waals surface area contributed by atoms with Gasteiger partial charge in [0.25, 0.3) is 0 Å². The Morgan fingerprint density at radius 2 is 2.16 bits per heavy atom. The molecule has 0 aromatic heterocycles. The Morgan fingerprint density at radius 1 is 1.32 bits per heavy atom. The van der Waals surface area contributed by atoms with Crippen molar-refractivity contribution in [1.29, 1.82) is 0 Å². The number of carbonyl (C=O) groups is 2. The van der Waals surface area contributed by atoms with Gasteiger partial charge in [0, 0.05) is 38.5 Å². The molecule has 0 spiro atoms. The van der Waals surface area contributed by atoms with Crippen molar-refractivity contribution in [2.75, 3.05) is 19.6 Å². The number of piperidine rings is 3. The summed E-state index contributed by atoms with van der Waals surface area (Å²) >= 11 is 0. The normalized spacial score (nSPS) is 34.2. The summed E-state index contributed by atoms with van der Waals surface area (Å²) in [4.78, 5) is 28.3. The van der Waals surface area contributed by atoms with E-state index in [1.807, 2.05) is 0 Å². The Hall–Kier alpha value is -1.06. The van der Waals surface area contributed by atoms with Crippen LogP contribution in [0, 0.1) is 11.8 Å². The van der Waals surface area contributed by atoms with Gasteiger partial charge in [0.15, 0.2) is 0 Å². The standard InChI is InChI=1S/C15H24N2O2/c1-2-4-14(18)16-8-11-7-12(10-16)13-5-3-6-15(19)17(13)9-11/h11-13H,2-10H2,1H3/t11-,12+,13-/m0/s1. The second-order valence-corrected chi connectivity index (χ2v) is 6.42. The summed E-state index contributed by atoms with van der Waals surface area (Å²) in [6.07, 6.45) is 5.72. The van der Waals surface area contributed by atoms with Crippen molar-refractivity contribution in [3.05, 3.63) is 0 Å². The van der Waals surface area contributed by atoms with E-state index in [4.69, 9.17) is 0 Å². The minimum atomic E-state index is 0.313. The fourth-order valence-electron chi connectivity index (χ4n) is 4.19. The van der Waals surface area contributed by atoms with Crippen molar-refractivity contribution >= 4 is 11.8 Å². The number of hydrogen-bond acceptors (Lipinski definition) is 2. The summed E-state index contributed by atoms with van der Waals surface area (Å²) in [5.41, 5.74) is 0. The van der Waals surface area contributed by atoms with Gasteiger partial charge in [0.1, 0.15) is 0 Å². The smallest absolute Gasteiger partial charge is 0.222 e. The van der Waals surface area contributed by atoms with Crippen molar-refractivity contribution in [2.45, 2.75) is 51.5 Å². The van der Waals surface area contributed by atoms with Crippen LogP contribution in [0.4, 0.5) is 0 Å². The number of carbonyl (C=O) groups excluding carboxylic acids is 2. The molecule has 106 valence electrons. The average molecular weight is 264 g/mol. The van der Waals surface area contributed by atoms with E-state index in [-0.39, 0.29) is 0 Å². The molecule has 4 nitrogen and oxygen atoms in total. The zero-order valence-corrected chi connectivity index (χ0v) is 11.8. The summed E-state index contributed by atoms with van der Waals surface area (Å²) in [6.45, 7) is 4.69. The molecule has 3 fully saturated rings. The molecule has 19 heavy (non-hydrogen) atoms. The second kappa shape index (κ2) is 5.14. The molecule has 0 N–H and O–H groups in total. The van der Waals surface area contributed by atoms with Crippen LogP contribution in [0.25, 0.3) is 0 Å². The summed E-state index contributed by atoms with van der Waals surface area (Å²) in [6, 6.07) is 0.412. The van der Waals surface area contributed by atoms with E-state index < -0.39 is 0 Å². The molecule has 2 amide bonds. The van der Waals surface area contributed by atoms with E-state index in [9.17, 15) is 9.59 Å². The van der Waals surface area contributed by atoms with Gasteiger partial charge >= 0.3 is 0 Å². The molecule has 3 aliphatic heterocycles. The number of rotatable bonds is 2. The summed E-state index contributed by atoms with van der Waals surface area (Å²) in [7, 11) is 0. The molecule has 3 aliphatic rings. The maximum absolute atomic E-state index is 12.1. The molecular weight excluding hydrogens is 240 g/mol. The highest BCUT2D eigenvalue weighted by atomic mass is 16.2. The van der Waals surface area contributed by atoms with Gasteiger partial charge in [0.05, 0.1) is 0 Å². The highest BCUT2D eigenvalue weighted by Gasteiger charge is 2.44. The van der Waals surface area contributed by atoms with Crippen LogP contribution in [-0.2, 0) is 9.59 Å². The van der Waals surface area contributed by atoms with Gasteiger partial charge in [-0.1, -0.05) is 6.92 Å². The van der Waals surface area contributed by atoms with Crippen molar-refractivity contribution in [2.24, 2.45) is 11.8 Å². The van der Waals surface area contributed by atoms with Gasteiger partial charge in [-0.3, -0.25) is 9.59 Å². The van der Waals surface area contributed by atoms with Crippen LogP contribution in [0.1, 0.15) is 45.4 Å². The van der Waals surface area contributed by atoms with Gasteiger partial charge in [-0.25, -0.2) is 0 Å². The highest BCUT2D eigenvalue weighted by molar-refractivity contribution is 5.78. The first kappa shape index (κ1) is 12.9. The quantitative estimate of drug-likeness (QED) is 0.761. The molecule has 2 bridgehead atoms. The Labute approximate surface area is 115 Å². The molecule has 0 unspecified atom stereocenters. The molecule has 3 heterocycles. The SMILES string of the molecule is CCCC(=O)N1C[C@@H]2C[C@H](C1)[C@@H]1CCCC(=O)N1C2. The van der Waals surface area contributed by atoms with Crippen LogP contribution in [0.2, 0.25) is 0 Å². The van der Waals surface area contributed by atoms with Gasteiger partial charge in [-0.05, 0) is 37.5 Å². The lowest BCUT2D eigenvalue weighted by Gasteiger charge is -2.52. The zero-order chi connectivity index (χ0) is 13.4. The van der Waals surface area contributed by atoms with Gasteiger partial charge in [0.2, 0.25) is 11.8 Å². The zero-order valence-electron chi connectivity index (χ0n) is 11.8. The van der Waals surface area contributed by atoms with Crippen LogP contribution in [0.5, 0.6) is 0 Å². The van der Waals surface area contributed by atoms with Gasteiger partial charge in [-0.15, -0.1) is 0 Å². The third-order valence-electron chi connectivity index (χ3n) is 5.00. The van der Waals surface area contributed by atoms with Gasteiger partial charge in [-0.2, -0.15) is 0 Å². The monoisotopic (exact) mass is 264 g/mol. The van der Waals surface area contributed by atoms with Crippen LogP contribution in [0.15, 0.2) is 0 Å². The maximum Gasteiger partial charge on any atom is 0.222 e. The van der Waals surface area contributed by atoms with E-state index >= 15 is 0 Å². The Morgan fingerprint density at radius 3 is 2.95 bits per heavy atom. The lowest BCUT2D eigenvalue weighted by molar-refractivity contribution is -0.148. The van der Waals surface area contributed by atoms with Crippen LogP contribution < -0.4 is 0 Å². The molecule has 0 radical (unpaired) electrons. The molecular formula is C15H24N2O2. The third kappa shape index (κ3) is 2.37. The van der Waals surface area contributed by atoms with Gasteiger partial charge < -0.3 is 9.80 Å². The van der Waals surface area contributed by atoms with Crippen molar-refractivity contribution in [3.63, 3.8) is 0 Å². The van der Waals surface area contributed by atoms with Crippen LogP contribution in [0.3, 0.4) is 0 Å². The van der Waals surface area contributed by atoms with E-state index in [1.165, 1.54) is 6.42 Å². The van der Waals surface area contributed by atoms with Crippen molar-refractivity contribution in [1.82, 2.24) is 9.80 Å². The van der Waals surface area contributed by atoms with E-state index in [2.05, 4.69) is 16.7 Å². The summed E-state index contributed by atoms with van der Waals surface area (Å²) in [5.74, 6) is 1.70. The van der Waals surface area contributed by atoms with E-state index in [1.54, 1.807) is 0 Å². The molecule has 0 aromatic carbocycles. The molecule has 0 saturated carbocycles. The molecule has 3 rings (SSSR count). The first-order chi connectivity index (χ1) is 9.19. The lowest BCUT2D eigenvalue weighted by Crippen LogP contribution is -2.61. The van der Waals surface area contributed by atoms with E-state index in [0.29, 0.717) is 36.1 Å². The number of fused-ring (bicyclic) bond motifs is 4. The Balaban J connectivity index is 1.72. The largest absolute Gasteiger partial charge is 0.342 e. The van der Waals surface area contributed by atoms with Crippen molar-refractivity contribution < 1.29 is 9.59 Å². The minimum Gasteiger partial charge on any atom is -0.342 e. The highest BCUT2D eigenvalue weighted by Crippen LogP contribution is 2.37. The predicted octanol–water partition coefficient (Wildman–Crippen LogP) is 1.65. The van der Waals surface area contributed by atoms with E-state index in [0.717, 1.165) is 45.3 Å². The number of hydrogen-bond donors (Lipinski definition) is 0.